The molecule has 0 bridgehead atoms. The van der Waals surface area contributed by atoms with Crippen LogP contribution in [0.1, 0.15) is 31.9 Å². The van der Waals surface area contributed by atoms with Gasteiger partial charge in [0, 0.05) is 13.1 Å². The number of aliphatic hydroxyl groups is 1. The Kier molecular flexibility index (Phi) is 6.38. The third-order valence-corrected chi connectivity index (χ3v) is 4.23. The zero-order chi connectivity index (χ0) is 16.8. The van der Waals surface area contributed by atoms with Crippen LogP contribution >= 0.6 is 0 Å². The highest BCUT2D eigenvalue weighted by atomic mass is 16.5. The highest BCUT2D eigenvalue weighted by molar-refractivity contribution is 5.76. The average molecular weight is 323 g/mol. The number of aromatic hydroxyl groups is 1. The number of hydrogen-bond donors (Lipinski definition) is 3. The van der Waals surface area contributed by atoms with E-state index in [1.165, 1.54) is 0 Å². The number of phenols is 1. The molecule has 1 amide bonds. The fourth-order valence-electron chi connectivity index (χ4n) is 2.88. The fourth-order valence-corrected chi connectivity index (χ4v) is 2.88. The summed E-state index contributed by atoms with van der Waals surface area (Å²) in [7, 11) is 0. The SMILES string of the molecule is C[C@@H](CC(=O)N1CCOCC1)[NH2+][C@H](C)[C@H](O)c1ccc(O)cc1. The van der Waals surface area contributed by atoms with Crippen molar-refractivity contribution in [1.29, 1.82) is 0 Å². The number of carbonyl (C=O) groups excluding carboxylic acids is 1. The minimum atomic E-state index is -0.642. The number of quaternary nitrogens is 1. The van der Waals surface area contributed by atoms with Gasteiger partial charge < -0.3 is 25.2 Å². The van der Waals surface area contributed by atoms with Gasteiger partial charge in [0.2, 0.25) is 5.91 Å². The summed E-state index contributed by atoms with van der Waals surface area (Å²) >= 11 is 0. The van der Waals surface area contributed by atoms with E-state index in [1.807, 2.05) is 24.1 Å². The second-order valence-electron chi connectivity index (χ2n) is 6.26. The second kappa shape index (κ2) is 8.29. The number of phenolic OH excluding ortho intramolecular Hbond substituents is 1. The van der Waals surface area contributed by atoms with E-state index >= 15 is 0 Å². The maximum Gasteiger partial charge on any atom is 0.228 e. The van der Waals surface area contributed by atoms with Gasteiger partial charge >= 0.3 is 0 Å². The number of nitrogens with zero attached hydrogens (tertiary/aromatic N) is 1. The second-order valence-corrected chi connectivity index (χ2v) is 6.26. The Labute approximate surface area is 137 Å². The van der Waals surface area contributed by atoms with Crippen molar-refractivity contribution in [3.8, 4) is 5.75 Å². The highest BCUT2D eigenvalue weighted by Gasteiger charge is 2.25. The van der Waals surface area contributed by atoms with E-state index in [9.17, 15) is 15.0 Å². The molecule has 128 valence electrons. The Morgan fingerprint density at radius 2 is 1.87 bits per heavy atom. The van der Waals surface area contributed by atoms with Crippen LogP contribution in [0.5, 0.6) is 5.75 Å². The van der Waals surface area contributed by atoms with E-state index < -0.39 is 6.10 Å². The first-order valence-corrected chi connectivity index (χ1v) is 8.15. The molecule has 0 aliphatic carbocycles. The number of amides is 1. The minimum Gasteiger partial charge on any atom is -0.508 e. The molecule has 0 saturated carbocycles. The molecule has 1 aromatic carbocycles. The summed E-state index contributed by atoms with van der Waals surface area (Å²) in [5.41, 5.74) is 0.762. The summed E-state index contributed by atoms with van der Waals surface area (Å²) in [6, 6.07) is 6.58. The Morgan fingerprint density at radius 1 is 1.26 bits per heavy atom. The van der Waals surface area contributed by atoms with Gasteiger partial charge in [0.25, 0.3) is 0 Å². The van der Waals surface area contributed by atoms with Crippen LogP contribution < -0.4 is 5.32 Å². The van der Waals surface area contributed by atoms with Crippen LogP contribution in [0.2, 0.25) is 0 Å². The van der Waals surface area contributed by atoms with Crippen molar-refractivity contribution >= 4 is 5.91 Å². The zero-order valence-corrected chi connectivity index (χ0v) is 13.8. The molecule has 1 saturated heterocycles. The van der Waals surface area contributed by atoms with Crippen molar-refractivity contribution in [2.75, 3.05) is 26.3 Å². The molecular weight excluding hydrogens is 296 g/mol. The lowest BCUT2D eigenvalue weighted by Gasteiger charge is -2.28. The molecule has 1 aliphatic heterocycles. The van der Waals surface area contributed by atoms with Crippen molar-refractivity contribution < 1.29 is 25.1 Å². The summed E-state index contributed by atoms with van der Waals surface area (Å²) in [4.78, 5) is 14.1. The maximum atomic E-state index is 12.2. The first kappa shape index (κ1) is 17.7. The molecule has 6 heteroatoms. The molecule has 6 nitrogen and oxygen atoms in total. The summed E-state index contributed by atoms with van der Waals surface area (Å²) in [5, 5.41) is 21.7. The number of morpholine rings is 1. The zero-order valence-electron chi connectivity index (χ0n) is 13.8. The van der Waals surface area contributed by atoms with Crippen LogP contribution in [-0.2, 0) is 9.53 Å². The van der Waals surface area contributed by atoms with Gasteiger partial charge in [0.1, 0.15) is 17.9 Å². The molecule has 2 rings (SSSR count). The monoisotopic (exact) mass is 323 g/mol. The van der Waals surface area contributed by atoms with Gasteiger partial charge in [-0.25, -0.2) is 0 Å². The van der Waals surface area contributed by atoms with Gasteiger partial charge in [0.15, 0.2) is 0 Å². The van der Waals surface area contributed by atoms with E-state index in [2.05, 4.69) is 0 Å². The van der Waals surface area contributed by atoms with E-state index in [4.69, 9.17) is 4.74 Å². The van der Waals surface area contributed by atoms with Gasteiger partial charge in [-0.05, 0) is 31.5 Å². The third-order valence-electron chi connectivity index (χ3n) is 4.23. The van der Waals surface area contributed by atoms with E-state index in [0.29, 0.717) is 32.7 Å². The number of ether oxygens (including phenoxy) is 1. The normalized spacial score (nSPS) is 19.2. The van der Waals surface area contributed by atoms with Crippen LogP contribution in [0.3, 0.4) is 0 Å². The number of nitrogens with two attached hydrogens (primary N) is 1. The van der Waals surface area contributed by atoms with E-state index in [-0.39, 0.29) is 23.7 Å². The molecule has 1 fully saturated rings. The third kappa shape index (κ3) is 5.20. The first-order chi connectivity index (χ1) is 11.0. The molecule has 3 atom stereocenters. The predicted molar refractivity (Wildman–Crippen MR) is 85.9 cm³/mol. The van der Waals surface area contributed by atoms with Crippen LogP contribution in [0.15, 0.2) is 24.3 Å². The summed E-state index contributed by atoms with van der Waals surface area (Å²) in [5.74, 6) is 0.324. The number of hydrogen-bond acceptors (Lipinski definition) is 4. The van der Waals surface area contributed by atoms with Crippen molar-refractivity contribution in [3.05, 3.63) is 29.8 Å². The Hall–Kier alpha value is -1.63. The van der Waals surface area contributed by atoms with Gasteiger partial charge in [-0.1, -0.05) is 12.1 Å². The molecule has 0 aromatic heterocycles. The van der Waals surface area contributed by atoms with Gasteiger partial charge in [0.05, 0.1) is 25.7 Å². The number of carbonyl (C=O) groups is 1. The van der Waals surface area contributed by atoms with E-state index in [0.717, 1.165) is 5.56 Å². The van der Waals surface area contributed by atoms with Crippen LogP contribution in [-0.4, -0.2) is 59.4 Å². The molecule has 1 aliphatic rings. The number of aliphatic hydroxyl groups excluding tert-OH is 1. The van der Waals surface area contributed by atoms with Crippen molar-refractivity contribution in [2.45, 2.75) is 38.5 Å². The molecule has 4 N–H and O–H groups in total. The van der Waals surface area contributed by atoms with Crippen LogP contribution in [0.4, 0.5) is 0 Å². The standard InChI is InChI=1S/C17H26N2O4/c1-12(11-16(21)19-7-9-23-10-8-19)18-13(2)17(22)14-3-5-15(20)6-4-14/h3-6,12-13,17-18,20,22H,7-11H2,1-2H3/p+1/t12-,13+,17-/m0/s1. The fraction of sp³-hybridized carbons (Fsp3) is 0.588. The lowest BCUT2D eigenvalue weighted by molar-refractivity contribution is -0.722. The Morgan fingerprint density at radius 3 is 2.48 bits per heavy atom. The molecule has 1 heterocycles. The smallest absolute Gasteiger partial charge is 0.228 e. The Bertz CT molecular complexity index is 500. The molecule has 0 spiro atoms. The largest absolute Gasteiger partial charge is 0.508 e. The minimum absolute atomic E-state index is 0.0768. The van der Waals surface area contributed by atoms with Gasteiger partial charge in [-0.15, -0.1) is 0 Å². The van der Waals surface area contributed by atoms with Crippen molar-refractivity contribution in [1.82, 2.24) is 4.90 Å². The summed E-state index contributed by atoms with van der Waals surface area (Å²) in [6.45, 7) is 6.49. The average Bonchev–Trinajstić information content (AvgIpc) is 2.55. The lowest BCUT2D eigenvalue weighted by Crippen LogP contribution is -2.95. The predicted octanol–water partition coefficient (Wildman–Crippen LogP) is 0.0149. The Balaban J connectivity index is 1.82. The molecule has 1 aromatic rings. The van der Waals surface area contributed by atoms with Crippen LogP contribution in [0, 0.1) is 0 Å². The quantitative estimate of drug-likeness (QED) is 0.688. The van der Waals surface area contributed by atoms with Crippen molar-refractivity contribution in [3.63, 3.8) is 0 Å². The highest BCUT2D eigenvalue weighted by Crippen LogP contribution is 2.18. The topological polar surface area (TPSA) is 86.6 Å². The van der Waals surface area contributed by atoms with E-state index in [1.54, 1.807) is 24.3 Å². The van der Waals surface area contributed by atoms with Gasteiger partial charge in [-0.3, -0.25) is 4.79 Å². The van der Waals surface area contributed by atoms with Crippen molar-refractivity contribution in [2.24, 2.45) is 0 Å². The molecule has 23 heavy (non-hydrogen) atoms. The number of rotatable bonds is 6. The maximum absolute atomic E-state index is 12.2. The summed E-state index contributed by atoms with van der Waals surface area (Å²) in [6.07, 6.45) is -0.191. The lowest BCUT2D eigenvalue weighted by atomic mass is 10.0. The van der Waals surface area contributed by atoms with Crippen LogP contribution in [0.25, 0.3) is 0 Å². The number of benzene rings is 1. The molecule has 0 unspecified atom stereocenters. The first-order valence-electron chi connectivity index (χ1n) is 8.15. The summed E-state index contributed by atoms with van der Waals surface area (Å²) < 4.78 is 5.26. The molecular formula is C17H27N2O4+. The molecule has 0 radical (unpaired) electrons. The van der Waals surface area contributed by atoms with Gasteiger partial charge in [-0.2, -0.15) is 0 Å².